The monoisotopic (exact) mass is 359 g/mol. The van der Waals surface area contributed by atoms with E-state index in [1.54, 1.807) is 27.7 Å². The highest BCUT2D eigenvalue weighted by atomic mass is 35.5. The summed E-state index contributed by atoms with van der Waals surface area (Å²) in [6.45, 7) is 6.90. The molecule has 0 atom stereocenters. The Hall–Kier alpha value is -1.73. The van der Waals surface area contributed by atoms with Gasteiger partial charge in [-0.1, -0.05) is 25.4 Å². The second-order valence-electron chi connectivity index (χ2n) is 5.45. The lowest BCUT2D eigenvalue weighted by atomic mass is 10.1. The van der Waals surface area contributed by atoms with Gasteiger partial charge in [0.05, 0.1) is 22.5 Å². The summed E-state index contributed by atoms with van der Waals surface area (Å²) in [7, 11) is 0. The number of nitrogens with one attached hydrogen (secondary N) is 1. The number of halogens is 2. The Morgan fingerprint density at radius 1 is 1.39 bits per heavy atom. The van der Waals surface area contributed by atoms with Crippen LogP contribution in [0.2, 0.25) is 5.02 Å². The first-order valence-corrected chi connectivity index (χ1v) is 7.72. The Morgan fingerprint density at radius 2 is 1.96 bits per heavy atom. The molecule has 0 unspecified atom stereocenters. The van der Waals surface area contributed by atoms with Crippen molar-refractivity contribution < 1.29 is 13.9 Å². The highest BCUT2D eigenvalue weighted by molar-refractivity contribution is 7.80. The average molecular weight is 360 g/mol. The highest BCUT2D eigenvalue weighted by Crippen LogP contribution is 2.33. The van der Waals surface area contributed by atoms with E-state index in [1.165, 1.54) is 6.07 Å². The molecule has 0 fully saturated rings. The predicted molar refractivity (Wildman–Crippen MR) is 94.0 cm³/mol. The SMILES string of the molecule is CC(C)Oc1cc(N(C(=O)C(=N)C(C)C)C(N)=S)c(F)cc1Cl. The van der Waals surface area contributed by atoms with Gasteiger partial charge in [-0.2, -0.15) is 0 Å². The Bertz CT molecular complexity index is 650. The minimum atomic E-state index is -0.788. The van der Waals surface area contributed by atoms with Gasteiger partial charge in [0.15, 0.2) is 5.11 Å². The zero-order valence-electron chi connectivity index (χ0n) is 13.3. The fourth-order valence-corrected chi connectivity index (χ4v) is 2.11. The van der Waals surface area contributed by atoms with E-state index >= 15 is 0 Å². The zero-order valence-corrected chi connectivity index (χ0v) is 14.9. The quantitative estimate of drug-likeness (QED) is 0.622. The molecule has 23 heavy (non-hydrogen) atoms. The molecule has 1 aromatic rings. The molecule has 0 bridgehead atoms. The molecular weight excluding hydrogens is 341 g/mol. The van der Waals surface area contributed by atoms with Crippen molar-refractivity contribution in [2.24, 2.45) is 11.7 Å². The number of carbonyl (C=O) groups is 1. The van der Waals surface area contributed by atoms with Crippen molar-refractivity contribution in [3.8, 4) is 5.75 Å². The van der Waals surface area contributed by atoms with E-state index in [1.807, 2.05) is 0 Å². The summed E-state index contributed by atoms with van der Waals surface area (Å²) in [4.78, 5) is 13.2. The standard InChI is InChI=1S/C15H19ClFN3O2S/c1-7(2)13(18)14(21)20(15(19)23)11-6-12(22-8(3)4)9(16)5-10(11)17/h5-8,18H,1-4H3,(H2,19,23). The fraction of sp³-hybridized carbons (Fsp3) is 0.400. The van der Waals surface area contributed by atoms with Crippen LogP contribution in [0.15, 0.2) is 12.1 Å². The predicted octanol–water partition coefficient (Wildman–Crippen LogP) is 3.52. The molecule has 0 saturated heterocycles. The first kappa shape index (κ1) is 19.3. The van der Waals surface area contributed by atoms with Gasteiger partial charge in [-0.3, -0.25) is 10.2 Å². The minimum Gasteiger partial charge on any atom is -0.489 e. The molecule has 0 aliphatic carbocycles. The zero-order chi connectivity index (χ0) is 17.9. The average Bonchev–Trinajstić information content (AvgIpc) is 2.41. The van der Waals surface area contributed by atoms with Crippen LogP contribution in [0.5, 0.6) is 5.75 Å². The molecule has 3 N–H and O–H groups in total. The number of nitrogens with two attached hydrogens (primary N) is 1. The van der Waals surface area contributed by atoms with E-state index in [-0.39, 0.29) is 39.3 Å². The lowest BCUT2D eigenvalue weighted by Crippen LogP contribution is -2.45. The molecule has 0 heterocycles. The van der Waals surface area contributed by atoms with Crippen LogP contribution in [0.3, 0.4) is 0 Å². The summed E-state index contributed by atoms with van der Waals surface area (Å²) in [5, 5.41) is 7.52. The molecule has 0 aliphatic heterocycles. The van der Waals surface area contributed by atoms with Gasteiger partial charge in [0.2, 0.25) is 0 Å². The lowest BCUT2D eigenvalue weighted by Gasteiger charge is -2.24. The molecule has 0 spiro atoms. The number of benzene rings is 1. The Morgan fingerprint density at radius 3 is 2.39 bits per heavy atom. The highest BCUT2D eigenvalue weighted by Gasteiger charge is 2.28. The van der Waals surface area contributed by atoms with Crippen LogP contribution < -0.4 is 15.4 Å². The summed E-state index contributed by atoms with van der Waals surface area (Å²) < 4.78 is 19.8. The summed E-state index contributed by atoms with van der Waals surface area (Å²) in [6.07, 6.45) is -0.200. The van der Waals surface area contributed by atoms with Gasteiger partial charge >= 0.3 is 0 Å². The fourth-order valence-electron chi connectivity index (χ4n) is 1.73. The number of hydrogen-bond acceptors (Lipinski definition) is 4. The number of anilines is 1. The first-order valence-electron chi connectivity index (χ1n) is 6.94. The van der Waals surface area contributed by atoms with E-state index in [4.69, 9.17) is 39.7 Å². The maximum absolute atomic E-state index is 14.3. The van der Waals surface area contributed by atoms with Crippen LogP contribution in [0, 0.1) is 17.1 Å². The summed E-state index contributed by atoms with van der Waals surface area (Å²) in [5.74, 6) is -1.74. The van der Waals surface area contributed by atoms with Crippen LogP contribution in [0.1, 0.15) is 27.7 Å². The number of rotatable bonds is 5. The van der Waals surface area contributed by atoms with Crippen molar-refractivity contribution in [1.82, 2.24) is 0 Å². The molecule has 1 rings (SSSR count). The summed E-state index contributed by atoms with van der Waals surface area (Å²) in [6, 6.07) is 2.27. The smallest absolute Gasteiger partial charge is 0.278 e. The number of hydrogen-bond donors (Lipinski definition) is 2. The van der Waals surface area contributed by atoms with Gasteiger partial charge < -0.3 is 10.5 Å². The van der Waals surface area contributed by atoms with Crippen molar-refractivity contribution in [2.75, 3.05) is 4.90 Å². The van der Waals surface area contributed by atoms with Crippen molar-refractivity contribution >= 4 is 46.2 Å². The Kier molecular flexibility index (Phi) is 6.47. The van der Waals surface area contributed by atoms with E-state index in [2.05, 4.69) is 0 Å². The third-order valence-corrected chi connectivity index (χ3v) is 3.31. The van der Waals surface area contributed by atoms with Crippen LogP contribution in [0.4, 0.5) is 10.1 Å². The minimum absolute atomic E-state index is 0.0641. The third kappa shape index (κ3) is 4.62. The molecule has 0 radical (unpaired) electrons. The van der Waals surface area contributed by atoms with Crippen LogP contribution in [-0.4, -0.2) is 22.8 Å². The van der Waals surface area contributed by atoms with Gasteiger partial charge in [0, 0.05) is 12.0 Å². The second-order valence-corrected chi connectivity index (χ2v) is 6.27. The molecule has 126 valence electrons. The van der Waals surface area contributed by atoms with E-state index < -0.39 is 11.7 Å². The third-order valence-electron chi connectivity index (χ3n) is 2.84. The van der Waals surface area contributed by atoms with E-state index in [9.17, 15) is 9.18 Å². The van der Waals surface area contributed by atoms with Crippen molar-refractivity contribution in [1.29, 1.82) is 5.41 Å². The largest absolute Gasteiger partial charge is 0.489 e. The van der Waals surface area contributed by atoms with E-state index in [0.29, 0.717) is 0 Å². The van der Waals surface area contributed by atoms with Gasteiger partial charge in [-0.05, 0) is 32.1 Å². The Balaban J connectivity index is 3.40. The lowest BCUT2D eigenvalue weighted by molar-refractivity contribution is -0.112. The number of nitrogens with zero attached hydrogens (tertiary/aromatic N) is 1. The van der Waals surface area contributed by atoms with E-state index in [0.717, 1.165) is 11.0 Å². The van der Waals surface area contributed by atoms with Crippen LogP contribution in [-0.2, 0) is 4.79 Å². The number of thiocarbonyl (C=S) groups is 1. The molecule has 0 aliphatic rings. The maximum atomic E-state index is 14.3. The Labute approximate surface area is 145 Å². The second kappa shape index (κ2) is 7.70. The molecule has 1 amide bonds. The topological polar surface area (TPSA) is 79.4 Å². The van der Waals surface area contributed by atoms with Crippen LogP contribution >= 0.6 is 23.8 Å². The van der Waals surface area contributed by atoms with Crippen molar-refractivity contribution in [3.05, 3.63) is 23.0 Å². The van der Waals surface area contributed by atoms with Gasteiger partial charge in [-0.25, -0.2) is 9.29 Å². The molecule has 5 nitrogen and oxygen atoms in total. The van der Waals surface area contributed by atoms with Gasteiger partial charge in [-0.15, -0.1) is 0 Å². The maximum Gasteiger partial charge on any atom is 0.278 e. The number of carbonyl (C=O) groups excluding carboxylic acids is 1. The first-order chi connectivity index (χ1) is 10.6. The molecule has 0 saturated carbocycles. The number of ether oxygens (including phenoxy) is 1. The van der Waals surface area contributed by atoms with Crippen molar-refractivity contribution in [2.45, 2.75) is 33.8 Å². The molecule has 1 aromatic carbocycles. The van der Waals surface area contributed by atoms with Crippen molar-refractivity contribution in [3.63, 3.8) is 0 Å². The summed E-state index contributed by atoms with van der Waals surface area (Å²) >= 11 is 10.8. The van der Waals surface area contributed by atoms with Gasteiger partial charge in [0.1, 0.15) is 11.6 Å². The number of amides is 1. The summed E-state index contributed by atoms with van der Waals surface area (Å²) in [5.41, 5.74) is 5.13. The molecule has 8 heteroatoms. The van der Waals surface area contributed by atoms with Crippen LogP contribution in [0.25, 0.3) is 0 Å². The van der Waals surface area contributed by atoms with Gasteiger partial charge in [0.25, 0.3) is 5.91 Å². The molecular formula is C15H19ClFN3O2S. The normalized spacial score (nSPS) is 10.8. The molecule has 0 aromatic heterocycles.